The van der Waals surface area contributed by atoms with Gasteiger partial charge in [-0.3, -0.25) is 9.59 Å². The minimum absolute atomic E-state index is 0.00214. The van der Waals surface area contributed by atoms with Crippen LogP contribution in [0.2, 0.25) is 0 Å². The van der Waals surface area contributed by atoms with Gasteiger partial charge in [0.1, 0.15) is 11.9 Å². The maximum absolute atomic E-state index is 14.2. The number of benzene rings is 1. The van der Waals surface area contributed by atoms with Gasteiger partial charge in [-0.2, -0.15) is 13.2 Å². The Morgan fingerprint density at radius 2 is 2.04 bits per heavy atom. The summed E-state index contributed by atoms with van der Waals surface area (Å²) in [6.45, 7) is 3.40. The Bertz CT molecular complexity index is 649. The Hall–Kier alpha value is -2.62. The lowest BCUT2D eigenvalue weighted by Gasteiger charge is -2.27. The average Bonchev–Trinajstić information content (AvgIpc) is 2.50. The molecular formula is C15H17F4N3O3. The number of carboxylic acids is 1. The molecule has 0 heterocycles. The van der Waals surface area contributed by atoms with Crippen molar-refractivity contribution in [1.82, 2.24) is 0 Å². The summed E-state index contributed by atoms with van der Waals surface area (Å²) in [5.41, 5.74) is 4.69. The fourth-order valence-electron chi connectivity index (χ4n) is 2.00. The number of carboxylic acid groups (broad SMARTS) is 1. The second-order valence-electron chi connectivity index (χ2n) is 5.06. The van der Waals surface area contributed by atoms with E-state index < -0.39 is 35.6 Å². The topological polar surface area (TPSA) is 95.7 Å². The molecule has 1 atom stereocenters. The maximum Gasteiger partial charge on any atom is 0.471 e. The van der Waals surface area contributed by atoms with Gasteiger partial charge in [-0.25, -0.2) is 4.39 Å². The predicted octanol–water partition coefficient (Wildman–Crippen LogP) is 2.12. The first kappa shape index (κ1) is 20.4. The van der Waals surface area contributed by atoms with Crippen molar-refractivity contribution in [2.45, 2.75) is 18.6 Å². The van der Waals surface area contributed by atoms with Crippen LogP contribution in [0.4, 0.5) is 28.9 Å². The number of rotatable bonds is 8. The summed E-state index contributed by atoms with van der Waals surface area (Å²) >= 11 is 0. The summed E-state index contributed by atoms with van der Waals surface area (Å²) in [4.78, 5) is 23.2. The first-order chi connectivity index (χ1) is 11.6. The van der Waals surface area contributed by atoms with Crippen molar-refractivity contribution in [3.63, 3.8) is 0 Å². The normalized spacial score (nSPS) is 12.4. The third kappa shape index (κ3) is 5.75. The van der Waals surface area contributed by atoms with Crippen molar-refractivity contribution in [2.24, 2.45) is 5.73 Å². The van der Waals surface area contributed by atoms with Crippen molar-refractivity contribution in [2.75, 3.05) is 23.3 Å². The predicted molar refractivity (Wildman–Crippen MR) is 83.7 cm³/mol. The molecule has 6 nitrogen and oxygen atoms in total. The van der Waals surface area contributed by atoms with Crippen LogP contribution in [0, 0.1) is 5.82 Å². The molecule has 138 valence electrons. The van der Waals surface area contributed by atoms with Crippen LogP contribution in [0.25, 0.3) is 0 Å². The number of anilines is 2. The van der Waals surface area contributed by atoms with Crippen LogP contribution >= 0.6 is 0 Å². The zero-order valence-corrected chi connectivity index (χ0v) is 13.0. The number of nitrogens with two attached hydrogens (primary N) is 1. The first-order valence-corrected chi connectivity index (χ1v) is 7.08. The van der Waals surface area contributed by atoms with E-state index in [1.54, 1.807) is 5.32 Å². The van der Waals surface area contributed by atoms with E-state index in [4.69, 9.17) is 10.8 Å². The minimum Gasteiger partial charge on any atom is -0.480 e. The highest BCUT2D eigenvalue weighted by atomic mass is 19.4. The van der Waals surface area contributed by atoms with Crippen LogP contribution in [0.5, 0.6) is 0 Å². The molecule has 0 aliphatic rings. The number of alkyl halides is 3. The van der Waals surface area contributed by atoms with Gasteiger partial charge in [0.15, 0.2) is 0 Å². The lowest BCUT2D eigenvalue weighted by molar-refractivity contribution is -0.167. The number of aliphatic carboxylic acids is 1. The molecule has 10 heteroatoms. The number of carbonyl (C=O) groups excluding carboxylic acids is 1. The van der Waals surface area contributed by atoms with E-state index in [0.29, 0.717) is 0 Å². The summed E-state index contributed by atoms with van der Waals surface area (Å²) < 4.78 is 51.5. The standard InChI is InChI=1S/C15H17F4N3O3/c1-2-7-22(8-6-10(20)13(23)24)12-9(16)4-3-5-11(12)21-14(25)15(17,18)19/h2-5,10H,1,6-8,20H2,(H,21,25)(H,23,24)/t10-/m0/s1. The quantitative estimate of drug-likeness (QED) is 0.486. The molecule has 0 aliphatic carbocycles. The molecule has 0 saturated carbocycles. The molecular weight excluding hydrogens is 346 g/mol. The first-order valence-electron chi connectivity index (χ1n) is 7.08. The average molecular weight is 363 g/mol. The number of carbonyl (C=O) groups is 2. The van der Waals surface area contributed by atoms with E-state index in [-0.39, 0.29) is 25.2 Å². The molecule has 0 bridgehead atoms. The van der Waals surface area contributed by atoms with E-state index in [0.717, 1.165) is 18.2 Å². The van der Waals surface area contributed by atoms with Crippen LogP contribution in [-0.2, 0) is 9.59 Å². The Morgan fingerprint density at radius 3 is 2.56 bits per heavy atom. The summed E-state index contributed by atoms with van der Waals surface area (Å²) in [5, 5.41) is 10.4. The van der Waals surface area contributed by atoms with Crippen LogP contribution in [0.1, 0.15) is 6.42 Å². The molecule has 0 aromatic heterocycles. The number of hydrogen-bond acceptors (Lipinski definition) is 4. The van der Waals surface area contributed by atoms with Crippen molar-refractivity contribution >= 4 is 23.3 Å². The largest absolute Gasteiger partial charge is 0.480 e. The van der Waals surface area contributed by atoms with Gasteiger partial charge in [0, 0.05) is 13.1 Å². The third-order valence-electron chi connectivity index (χ3n) is 3.19. The second kappa shape index (κ2) is 8.47. The highest BCUT2D eigenvalue weighted by Gasteiger charge is 2.39. The van der Waals surface area contributed by atoms with Gasteiger partial charge in [0.2, 0.25) is 0 Å². The third-order valence-corrected chi connectivity index (χ3v) is 3.19. The SMILES string of the molecule is C=CCN(CC[C@H](N)C(=O)O)c1c(F)cccc1NC(=O)C(F)(F)F. The summed E-state index contributed by atoms with van der Waals surface area (Å²) in [6, 6.07) is 2.02. The van der Waals surface area contributed by atoms with Crippen LogP contribution in [0.3, 0.4) is 0 Å². The Morgan fingerprint density at radius 1 is 1.40 bits per heavy atom. The summed E-state index contributed by atoms with van der Waals surface area (Å²) in [5.74, 6) is -4.40. The Balaban J connectivity index is 3.14. The van der Waals surface area contributed by atoms with Crippen molar-refractivity contribution in [3.05, 3.63) is 36.7 Å². The molecule has 0 aliphatic heterocycles. The molecule has 0 unspecified atom stereocenters. The Labute approximate surface area is 140 Å². The second-order valence-corrected chi connectivity index (χ2v) is 5.06. The molecule has 0 saturated heterocycles. The van der Waals surface area contributed by atoms with Crippen LogP contribution in [0.15, 0.2) is 30.9 Å². The molecule has 1 amide bonds. The smallest absolute Gasteiger partial charge is 0.471 e. The van der Waals surface area contributed by atoms with E-state index in [9.17, 15) is 27.2 Å². The molecule has 1 aromatic carbocycles. The molecule has 0 spiro atoms. The lowest BCUT2D eigenvalue weighted by Crippen LogP contribution is -2.37. The van der Waals surface area contributed by atoms with Crippen LogP contribution in [-0.4, -0.2) is 42.3 Å². The van der Waals surface area contributed by atoms with Crippen molar-refractivity contribution in [3.8, 4) is 0 Å². The summed E-state index contributed by atoms with van der Waals surface area (Å²) in [7, 11) is 0. The fraction of sp³-hybridized carbons (Fsp3) is 0.333. The number of amides is 1. The van der Waals surface area contributed by atoms with Gasteiger partial charge in [0.05, 0.1) is 11.4 Å². The van der Waals surface area contributed by atoms with E-state index in [2.05, 4.69) is 6.58 Å². The summed E-state index contributed by atoms with van der Waals surface area (Å²) in [6.07, 6.45) is -3.88. The number of para-hydroxylation sites is 1. The van der Waals surface area contributed by atoms with Gasteiger partial charge in [-0.05, 0) is 18.6 Å². The van der Waals surface area contributed by atoms with E-state index in [1.165, 1.54) is 11.0 Å². The molecule has 25 heavy (non-hydrogen) atoms. The van der Waals surface area contributed by atoms with Crippen molar-refractivity contribution in [1.29, 1.82) is 0 Å². The van der Waals surface area contributed by atoms with E-state index >= 15 is 0 Å². The van der Waals surface area contributed by atoms with Gasteiger partial charge < -0.3 is 21.1 Å². The highest BCUT2D eigenvalue weighted by Crippen LogP contribution is 2.31. The number of nitrogens with one attached hydrogen (secondary N) is 1. The number of hydrogen-bond donors (Lipinski definition) is 3. The fourth-order valence-corrected chi connectivity index (χ4v) is 2.00. The molecule has 0 radical (unpaired) electrons. The van der Waals surface area contributed by atoms with Crippen LogP contribution < -0.4 is 16.0 Å². The Kier molecular flexibility index (Phi) is 6.92. The number of halogens is 4. The van der Waals surface area contributed by atoms with Gasteiger partial charge in [-0.15, -0.1) is 6.58 Å². The molecule has 0 fully saturated rings. The highest BCUT2D eigenvalue weighted by molar-refractivity contribution is 5.97. The molecule has 4 N–H and O–H groups in total. The zero-order valence-electron chi connectivity index (χ0n) is 13.0. The lowest BCUT2D eigenvalue weighted by atomic mass is 10.1. The molecule has 1 rings (SSSR count). The monoisotopic (exact) mass is 363 g/mol. The van der Waals surface area contributed by atoms with Gasteiger partial charge in [-0.1, -0.05) is 12.1 Å². The van der Waals surface area contributed by atoms with Gasteiger partial charge in [0.25, 0.3) is 0 Å². The maximum atomic E-state index is 14.2. The zero-order chi connectivity index (χ0) is 19.2. The molecule has 1 aromatic rings. The number of nitrogens with zero attached hydrogens (tertiary/aromatic N) is 1. The minimum atomic E-state index is -5.14. The van der Waals surface area contributed by atoms with Crippen molar-refractivity contribution < 1.29 is 32.3 Å². The van der Waals surface area contributed by atoms with E-state index in [1.807, 2.05) is 0 Å². The van der Waals surface area contributed by atoms with Gasteiger partial charge >= 0.3 is 18.1 Å².